The van der Waals surface area contributed by atoms with E-state index in [0.717, 1.165) is 4.88 Å². The van der Waals surface area contributed by atoms with Crippen LogP contribution in [-0.4, -0.2) is 10.9 Å². The van der Waals surface area contributed by atoms with Crippen molar-refractivity contribution in [2.45, 2.75) is 6.42 Å². The molecule has 14 heavy (non-hydrogen) atoms. The predicted octanol–water partition coefficient (Wildman–Crippen LogP) is 2.39. The fourth-order valence-electron chi connectivity index (χ4n) is 1.02. The standard InChI is InChI=1S/C9H8N2OS2/c12-8(6-7-2-1-4-13-7)11-9-10-3-5-14-9/h1-5H,6H2,(H,10,11,12). The molecule has 72 valence electrons. The van der Waals surface area contributed by atoms with Crippen LogP contribution in [0.2, 0.25) is 0 Å². The van der Waals surface area contributed by atoms with Crippen LogP contribution in [0.5, 0.6) is 0 Å². The Labute approximate surface area is 89.4 Å². The number of hydrogen-bond donors (Lipinski definition) is 1. The van der Waals surface area contributed by atoms with Crippen molar-refractivity contribution >= 4 is 33.7 Å². The number of carbonyl (C=O) groups excluding carboxylic acids is 1. The second kappa shape index (κ2) is 4.34. The first-order valence-electron chi connectivity index (χ1n) is 4.06. The molecule has 0 spiro atoms. The summed E-state index contributed by atoms with van der Waals surface area (Å²) >= 11 is 3.01. The van der Waals surface area contributed by atoms with E-state index in [1.165, 1.54) is 11.3 Å². The Hall–Kier alpha value is -1.20. The second-order valence-corrected chi connectivity index (χ2v) is 4.57. The molecule has 1 amide bonds. The van der Waals surface area contributed by atoms with E-state index in [4.69, 9.17) is 0 Å². The van der Waals surface area contributed by atoms with Crippen molar-refractivity contribution in [1.29, 1.82) is 0 Å². The van der Waals surface area contributed by atoms with E-state index in [1.54, 1.807) is 17.5 Å². The molecule has 0 aromatic carbocycles. The Balaban J connectivity index is 1.91. The molecule has 0 radical (unpaired) electrons. The Bertz CT molecular complexity index is 356. The second-order valence-electron chi connectivity index (χ2n) is 2.64. The summed E-state index contributed by atoms with van der Waals surface area (Å²) in [6.45, 7) is 0. The van der Waals surface area contributed by atoms with Crippen LogP contribution < -0.4 is 5.32 Å². The minimum Gasteiger partial charge on any atom is -0.302 e. The zero-order valence-electron chi connectivity index (χ0n) is 7.27. The molecule has 1 N–H and O–H groups in total. The summed E-state index contributed by atoms with van der Waals surface area (Å²) in [6, 6.07) is 3.89. The minimum atomic E-state index is -0.0117. The average Bonchev–Trinajstić information content (AvgIpc) is 2.76. The summed E-state index contributed by atoms with van der Waals surface area (Å²) in [5.41, 5.74) is 0. The smallest absolute Gasteiger partial charge is 0.231 e. The van der Waals surface area contributed by atoms with Gasteiger partial charge in [-0.3, -0.25) is 4.79 Å². The van der Waals surface area contributed by atoms with E-state index in [9.17, 15) is 4.79 Å². The molecule has 0 bridgehead atoms. The summed E-state index contributed by atoms with van der Waals surface area (Å²) in [6.07, 6.45) is 2.10. The molecule has 2 heterocycles. The van der Waals surface area contributed by atoms with Crippen molar-refractivity contribution in [1.82, 2.24) is 4.98 Å². The number of nitrogens with one attached hydrogen (secondary N) is 1. The van der Waals surface area contributed by atoms with Gasteiger partial charge in [0.2, 0.25) is 5.91 Å². The number of anilines is 1. The summed E-state index contributed by atoms with van der Waals surface area (Å²) in [7, 11) is 0. The number of aromatic nitrogens is 1. The van der Waals surface area contributed by atoms with Gasteiger partial charge in [-0.15, -0.1) is 22.7 Å². The molecule has 2 aromatic heterocycles. The lowest BCUT2D eigenvalue weighted by Crippen LogP contribution is -2.13. The maximum absolute atomic E-state index is 11.4. The monoisotopic (exact) mass is 224 g/mol. The largest absolute Gasteiger partial charge is 0.302 e. The topological polar surface area (TPSA) is 42.0 Å². The third-order valence-corrected chi connectivity index (χ3v) is 3.16. The Morgan fingerprint density at radius 1 is 1.43 bits per heavy atom. The molecule has 3 nitrogen and oxygen atoms in total. The van der Waals surface area contributed by atoms with Gasteiger partial charge in [0, 0.05) is 16.5 Å². The van der Waals surface area contributed by atoms with E-state index in [1.807, 2.05) is 22.9 Å². The lowest BCUT2D eigenvalue weighted by molar-refractivity contribution is -0.115. The lowest BCUT2D eigenvalue weighted by Gasteiger charge is -1.98. The molecule has 0 saturated carbocycles. The van der Waals surface area contributed by atoms with Crippen molar-refractivity contribution in [2.75, 3.05) is 5.32 Å². The van der Waals surface area contributed by atoms with Gasteiger partial charge < -0.3 is 5.32 Å². The SMILES string of the molecule is O=C(Cc1cccs1)Nc1nccs1. The van der Waals surface area contributed by atoms with Crippen molar-refractivity contribution < 1.29 is 4.79 Å². The van der Waals surface area contributed by atoms with Crippen molar-refractivity contribution in [3.63, 3.8) is 0 Å². The van der Waals surface area contributed by atoms with Crippen LogP contribution in [0, 0.1) is 0 Å². The number of amides is 1. The van der Waals surface area contributed by atoms with E-state index in [-0.39, 0.29) is 5.91 Å². The number of hydrogen-bond acceptors (Lipinski definition) is 4. The minimum absolute atomic E-state index is 0.0117. The number of rotatable bonds is 3. The molecule has 0 unspecified atom stereocenters. The first-order chi connectivity index (χ1) is 6.84. The molecule has 0 fully saturated rings. The van der Waals surface area contributed by atoms with Crippen LogP contribution in [0.25, 0.3) is 0 Å². The highest BCUT2D eigenvalue weighted by atomic mass is 32.1. The van der Waals surface area contributed by atoms with E-state index in [2.05, 4.69) is 10.3 Å². The van der Waals surface area contributed by atoms with Gasteiger partial charge in [-0.25, -0.2) is 4.98 Å². The highest BCUT2D eigenvalue weighted by Crippen LogP contribution is 2.13. The highest BCUT2D eigenvalue weighted by molar-refractivity contribution is 7.13. The molecular weight excluding hydrogens is 216 g/mol. The quantitative estimate of drug-likeness (QED) is 0.869. The summed E-state index contributed by atoms with van der Waals surface area (Å²) in [4.78, 5) is 16.5. The number of carbonyl (C=O) groups is 1. The van der Waals surface area contributed by atoms with Crippen molar-refractivity contribution in [3.8, 4) is 0 Å². The third kappa shape index (κ3) is 2.40. The van der Waals surface area contributed by atoms with Gasteiger partial charge in [-0.2, -0.15) is 0 Å². The van der Waals surface area contributed by atoms with Crippen LogP contribution >= 0.6 is 22.7 Å². The lowest BCUT2D eigenvalue weighted by atomic mass is 10.3. The van der Waals surface area contributed by atoms with Crippen LogP contribution in [-0.2, 0) is 11.2 Å². The fraction of sp³-hybridized carbons (Fsp3) is 0.111. The van der Waals surface area contributed by atoms with Gasteiger partial charge in [0.15, 0.2) is 5.13 Å². The normalized spacial score (nSPS) is 10.0. The summed E-state index contributed by atoms with van der Waals surface area (Å²) in [5.74, 6) is -0.0117. The van der Waals surface area contributed by atoms with E-state index in [0.29, 0.717) is 11.6 Å². The van der Waals surface area contributed by atoms with Gasteiger partial charge >= 0.3 is 0 Å². The Morgan fingerprint density at radius 3 is 3.00 bits per heavy atom. The average molecular weight is 224 g/mol. The first kappa shape index (κ1) is 9.36. The van der Waals surface area contributed by atoms with Crippen molar-refractivity contribution in [2.24, 2.45) is 0 Å². The van der Waals surface area contributed by atoms with Crippen molar-refractivity contribution in [3.05, 3.63) is 34.0 Å². The molecule has 5 heteroatoms. The van der Waals surface area contributed by atoms with Crippen LogP contribution in [0.15, 0.2) is 29.1 Å². The molecule has 0 aliphatic carbocycles. The Kier molecular flexibility index (Phi) is 2.90. The van der Waals surface area contributed by atoms with Crippen LogP contribution in [0.1, 0.15) is 4.88 Å². The molecule has 0 saturated heterocycles. The van der Waals surface area contributed by atoms with Gasteiger partial charge in [0.1, 0.15) is 0 Å². The predicted molar refractivity (Wildman–Crippen MR) is 58.8 cm³/mol. The first-order valence-corrected chi connectivity index (χ1v) is 5.82. The molecule has 2 aromatic rings. The third-order valence-electron chi connectivity index (χ3n) is 1.59. The van der Waals surface area contributed by atoms with Gasteiger partial charge in [-0.1, -0.05) is 6.07 Å². The Morgan fingerprint density at radius 2 is 2.36 bits per heavy atom. The van der Waals surface area contributed by atoms with E-state index < -0.39 is 0 Å². The fourth-order valence-corrected chi connectivity index (χ4v) is 2.27. The van der Waals surface area contributed by atoms with Gasteiger partial charge in [0.25, 0.3) is 0 Å². The number of thiophene rings is 1. The number of thiazole rings is 1. The van der Waals surface area contributed by atoms with E-state index >= 15 is 0 Å². The van der Waals surface area contributed by atoms with Gasteiger partial charge in [-0.05, 0) is 11.4 Å². The van der Waals surface area contributed by atoms with Crippen LogP contribution in [0.3, 0.4) is 0 Å². The molecule has 0 atom stereocenters. The number of nitrogens with zero attached hydrogens (tertiary/aromatic N) is 1. The summed E-state index contributed by atoms with van der Waals surface area (Å²) < 4.78 is 0. The maximum atomic E-state index is 11.4. The molecular formula is C9H8N2OS2. The zero-order chi connectivity index (χ0) is 9.80. The summed E-state index contributed by atoms with van der Waals surface area (Å²) in [5, 5.41) is 7.19. The zero-order valence-corrected chi connectivity index (χ0v) is 8.90. The maximum Gasteiger partial charge on any atom is 0.231 e. The highest BCUT2D eigenvalue weighted by Gasteiger charge is 2.05. The molecule has 0 aliphatic heterocycles. The van der Waals surface area contributed by atoms with Gasteiger partial charge in [0.05, 0.1) is 6.42 Å². The van der Waals surface area contributed by atoms with Crippen LogP contribution in [0.4, 0.5) is 5.13 Å². The molecule has 0 aliphatic rings. The molecule has 2 rings (SSSR count).